The molecule has 2 amide bonds. The molecule has 0 aromatic heterocycles. The van der Waals surface area contributed by atoms with E-state index in [1.165, 1.54) is 12.8 Å². The molecule has 0 spiro atoms. The zero-order valence-electron chi connectivity index (χ0n) is 15.6. The fraction of sp³-hybridized carbons (Fsp3) is 0.364. The molecule has 4 rings (SSSR count). The molecule has 2 heterocycles. The summed E-state index contributed by atoms with van der Waals surface area (Å²) >= 11 is 5.84. The predicted molar refractivity (Wildman–Crippen MR) is 112 cm³/mol. The highest BCUT2D eigenvalue weighted by atomic mass is 35.5. The highest BCUT2D eigenvalue weighted by Gasteiger charge is 2.34. The lowest BCUT2D eigenvalue weighted by atomic mass is 9.89. The van der Waals surface area contributed by atoms with Crippen LogP contribution >= 0.6 is 11.6 Å². The van der Waals surface area contributed by atoms with Crippen LogP contribution in [0.15, 0.2) is 48.5 Å². The number of amides is 2. The topological polar surface area (TPSA) is 70.2 Å². The molecule has 2 fully saturated rings. The number of piperidine rings is 1. The molecule has 2 saturated heterocycles. The van der Waals surface area contributed by atoms with Gasteiger partial charge in [0.2, 0.25) is 5.91 Å². The zero-order valence-corrected chi connectivity index (χ0v) is 16.3. The molecule has 2 aromatic carbocycles. The smallest absolute Gasteiger partial charge is 0.255 e. The van der Waals surface area contributed by atoms with Crippen LogP contribution in [0.2, 0.25) is 5.02 Å². The van der Waals surface area contributed by atoms with E-state index < -0.39 is 0 Å². The van der Waals surface area contributed by atoms with E-state index in [2.05, 4.69) is 16.0 Å². The van der Waals surface area contributed by atoms with E-state index in [-0.39, 0.29) is 11.8 Å². The monoisotopic (exact) mass is 397 g/mol. The van der Waals surface area contributed by atoms with Crippen molar-refractivity contribution in [1.82, 2.24) is 5.32 Å². The van der Waals surface area contributed by atoms with Gasteiger partial charge in [-0.2, -0.15) is 0 Å². The van der Waals surface area contributed by atoms with Gasteiger partial charge in [-0.3, -0.25) is 9.59 Å². The molecule has 0 radical (unpaired) electrons. The van der Waals surface area contributed by atoms with Gasteiger partial charge in [0.25, 0.3) is 5.91 Å². The van der Waals surface area contributed by atoms with E-state index >= 15 is 0 Å². The normalized spacial score (nSPS) is 23.2. The van der Waals surface area contributed by atoms with Crippen molar-refractivity contribution < 1.29 is 9.59 Å². The minimum atomic E-state index is -0.200. The summed E-state index contributed by atoms with van der Waals surface area (Å²) in [6, 6.07) is 15.1. The predicted octanol–water partition coefficient (Wildman–Crippen LogP) is 4.45. The Hall–Kier alpha value is -2.37. The Balaban J connectivity index is 1.28. The summed E-state index contributed by atoms with van der Waals surface area (Å²) in [6.45, 7) is 0. The Labute approximate surface area is 169 Å². The molecular weight excluding hydrogens is 374 g/mol. The maximum absolute atomic E-state index is 12.4. The highest BCUT2D eigenvalue weighted by Crippen LogP contribution is 2.32. The summed E-state index contributed by atoms with van der Waals surface area (Å²) in [4.78, 5) is 24.6. The van der Waals surface area contributed by atoms with E-state index in [0.29, 0.717) is 40.7 Å². The minimum absolute atomic E-state index is 0.0595. The van der Waals surface area contributed by atoms with E-state index in [9.17, 15) is 9.59 Å². The van der Waals surface area contributed by atoms with Crippen LogP contribution in [0, 0.1) is 5.92 Å². The van der Waals surface area contributed by atoms with Gasteiger partial charge in [-0.15, -0.1) is 0 Å². The highest BCUT2D eigenvalue weighted by molar-refractivity contribution is 6.30. The van der Waals surface area contributed by atoms with E-state index in [1.807, 2.05) is 12.1 Å². The second-order valence-electron chi connectivity index (χ2n) is 7.77. The number of hydrogen-bond acceptors (Lipinski definition) is 3. The van der Waals surface area contributed by atoms with Gasteiger partial charge in [0.1, 0.15) is 0 Å². The lowest BCUT2D eigenvalue weighted by Crippen LogP contribution is -2.39. The Morgan fingerprint density at radius 3 is 2.07 bits per heavy atom. The van der Waals surface area contributed by atoms with Crippen LogP contribution in [0.25, 0.3) is 0 Å². The Kier molecular flexibility index (Phi) is 5.64. The fourth-order valence-electron chi connectivity index (χ4n) is 4.26. The van der Waals surface area contributed by atoms with E-state index in [4.69, 9.17) is 11.6 Å². The van der Waals surface area contributed by atoms with Crippen molar-refractivity contribution in [1.29, 1.82) is 0 Å². The number of anilines is 2. The first kappa shape index (κ1) is 19.0. The number of hydrogen-bond donors (Lipinski definition) is 3. The second-order valence-corrected chi connectivity index (χ2v) is 8.20. The van der Waals surface area contributed by atoms with Crippen LogP contribution in [-0.4, -0.2) is 23.9 Å². The fourth-order valence-corrected chi connectivity index (χ4v) is 4.38. The number of fused-ring (bicyclic) bond motifs is 2. The molecule has 2 aliphatic rings. The number of nitrogens with one attached hydrogen (secondary N) is 3. The van der Waals surface area contributed by atoms with Crippen molar-refractivity contribution in [2.45, 2.75) is 44.2 Å². The number of carbonyl (C=O) groups excluding carboxylic acids is 2. The van der Waals surface area contributed by atoms with Gasteiger partial charge >= 0.3 is 0 Å². The van der Waals surface area contributed by atoms with E-state index in [1.54, 1.807) is 36.4 Å². The Bertz CT molecular complexity index is 839. The standard InChI is InChI=1S/C22H24ClN3O2/c23-16-3-1-15(2-4-16)22(28)26-18-7-5-17(6-8-18)25-21(27)13-14-11-19-9-10-20(12-14)24-19/h1-8,14,19-20,24H,9-13H2,(H,25,27)(H,26,28). The first-order chi connectivity index (χ1) is 13.5. The quantitative estimate of drug-likeness (QED) is 0.698. The van der Waals surface area contributed by atoms with Gasteiger partial charge < -0.3 is 16.0 Å². The van der Waals surface area contributed by atoms with Crippen molar-refractivity contribution in [3.63, 3.8) is 0 Å². The van der Waals surface area contributed by atoms with Crippen molar-refractivity contribution in [2.75, 3.05) is 10.6 Å². The average molecular weight is 398 g/mol. The van der Waals surface area contributed by atoms with Crippen LogP contribution in [0.1, 0.15) is 42.5 Å². The van der Waals surface area contributed by atoms with Crippen molar-refractivity contribution in [3.05, 3.63) is 59.1 Å². The molecule has 0 saturated carbocycles. The average Bonchev–Trinajstić information content (AvgIpc) is 3.02. The molecule has 0 aliphatic carbocycles. The van der Waals surface area contributed by atoms with Crippen LogP contribution in [0.3, 0.4) is 0 Å². The van der Waals surface area contributed by atoms with Gasteiger partial charge in [0, 0.05) is 40.5 Å². The first-order valence-corrected chi connectivity index (χ1v) is 10.2. The number of carbonyl (C=O) groups is 2. The summed E-state index contributed by atoms with van der Waals surface area (Å²) in [5, 5.41) is 10.0. The summed E-state index contributed by atoms with van der Waals surface area (Å²) in [5.74, 6) is 0.329. The van der Waals surface area contributed by atoms with Gasteiger partial charge in [-0.1, -0.05) is 11.6 Å². The van der Waals surface area contributed by atoms with Gasteiger partial charge in [0.05, 0.1) is 0 Å². The third-order valence-corrected chi connectivity index (χ3v) is 5.83. The molecule has 2 unspecified atom stereocenters. The number of rotatable bonds is 5. The van der Waals surface area contributed by atoms with Crippen LogP contribution in [0.5, 0.6) is 0 Å². The Morgan fingerprint density at radius 2 is 1.46 bits per heavy atom. The van der Waals surface area contributed by atoms with Crippen molar-refractivity contribution >= 4 is 34.8 Å². The van der Waals surface area contributed by atoms with Crippen LogP contribution < -0.4 is 16.0 Å². The minimum Gasteiger partial charge on any atom is -0.326 e. The summed E-state index contributed by atoms with van der Waals surface area (Å²) in [7, 11) is 0. The number of halogens is 1. The lowest BCUT2D eigenvalue weighted by molar-refractivity contribution is -0.117. The molecule has 3 N–H and O–H groups in total. The SMILES string of the molecule is O=C(CC1CC2CCC(C1)N2)Nc1ccc(NC(=O)c2ccc(Cl)cc2)cc1. The van der Waals surface area contributed by atoms with Crippen LogP contribution in [0.4, 0.5) is 11.4 Å². The molecule has 2 aromatic rings. The summed E-state index contributed by atoms with van der Waals surface area (Å²) in [5.41, 5.74) is 1.96. The summed E-state index contributed by atoms with van der Waals surface area (Å²) < 4.78 is 0. The van der Waals surface area contributed by atoms with E-state index in [0.717, 1.165) is 18.5 Å². The number of benzene rings is 2. The van der Waals surface area contributed by atoms with Crippen molar-refractivity contribution in [3.8, 4) is 0 Å². The Morgan fingerprint density at radius 1 is 0.893 bits per heavy atom. The third kappa shape index (κ3) is 4.72. The first-order valence-electron chi connectivity index (χ1n) is 9.78. The maximum atomic E-state index is 12.4. The largest absolute Gasteiger partial charge is 0.326 e. The molecule has 146 valence electrons. The molecule has 2 aliphatic heterocycles. The molecule has 2 bridgehead atoms. The maximum Gasteiger partial charge on any atom is 0.255 e. The molecular formula is C22H24ClN3O2. The molecule has 6 heteroatoms. The zero-order chi connectivity index (χ0) is 19.5. The lowest BCUT2D eigenvalue weighted by Gasteiger charge is -2.28. The van der Waals surface area contributed by atoms with Gasteiger partial charge in [-0.25, -0.2) is 0 Å². The molecule has 2 atom stereocenters. The van der Waals surface area contributed by atoms with Gasteiger partial charge in [-0.05, 0) is 80.1 Å². The van der Waals surface area contributed by atoms with Crippen LogP contribution in [-0.2, 0) is 4.79 Å². The summed E-state index contributed by atoms with van der Waals surface area (Å²) in [6.07, 6.45) is 5.25. The third-order valence-electron chi connectivity index (χ3n) is 5.58. The molecule has 5 nitrogen and oxygen atoms in total. The molecule has 28 heavy (non-hydrogen) atoms. The van der Waals surface area contributed by atoms with Crippen molar-refractivity contribution in [2.24, 2.45) is 5.92 Å². The van der Waals surface area contributed by atoms with Gasteiger partial charge in [0.15, 0.2) is 0 Å². The second kappa shape index (κ2) is 8.33.